The molecule has 0 N–H and O–H groups in total. The number of nitriles is 1. The van der Waals surface area contributed by atoms with Gasteiger partial charge in [0.1, 0.15) is 0 Å². The Morgan fingerprint density at radius 1 is 0.612 bits per heavy atom. The van der Waals surface area contributed by atoms with Crippen molar-refractivity contribution in [3.05, 3.63) is 169 Å². The van der Waals surface area contributed by atoms with Crippen molar-refractivity contribution in [2.24, 2.45) is 5.92 Å². The van der Waals surface area contributed by atoms with Crippen LogP contribution in [0.4, 0.5) is 0 Å². The van der Waals surface area contributed by atoms with Gasteiger partial charge in [0.2, 0.25) is 0 Å². The minimum Gasteiger partial charge on any atom is -0.228 e. The first-order chi connectivity index (χ1) is 24.1. The lowest BCUT2D eigenvalue weighted by Gasteiger charge is -2.22. The molecule has 0 saturated heterocycles. The standard InChI is InChI=1S/C44H31N5/c1-29-19-20-35(44-46-42-18-9-8-17-37(42)43(47-44)31-13-6-3-7-14-31)27-38(29)39-26-33(21-22-36(39)28-45)32-15-10-16-34(25-32)41-24-23-40(48-49-41)30-11-4-2-5-12-30/h2-18,20-27,29H,19H2,1H3. The van der Waals surface area contributed by atoms with E-state index in [-0.39, 0.29) is 5.92 Å². The van der Waals surface area contributed by atoms with E-state index in [1.54, 1.807) is 0 Å². The van der Waals surface area contributed by atoms with Gasteiger partial charge < -0.3 is 0 Å². The Labute approximate surface area is 285 Å². The number of para-hydroxylation sites is 1. The molecule has 0 saturated carbocycles. The van der Waals surface area contributed by atoms with Crippen LogP contribution in [0.25, 0.3) is 66.9 Å². The lowest BCUT2D eigenvalue weighted by atomic mass is 9.82. The second kappa shape index (κ2) is 12.9. The first kappa shape index (κ1) is 29.9. The highest BCUT2D eigenvalue weighted by Gasteiger charge is 2.22. The van der Waals surface area contributed by atoms with Crippen LogP contribution < -0.4 is 0 Å². The summed E-state index contributed by atoms with van der Waals surface area (Å²) < 4.78 is 0. The number of benzene rings is 5. The van der Waals surface area contributed by atoms with Gasteiger partial charge in [0.05, 0.1) is 34.2 Å². The van der Waals surface area contributed by atoms with Crippen LogP contribution in [0.5, 0.6) is 0 Å². The molecule has 2 aromatic heterocycles. The fraction of sp³-hybridized carbons (Fsp3) is 0.0682. The molecule has 5 aromatic carbocycles. The zero-order valence-electron chi connectivity index (χ0n) is 27.0. The highest BCUT2D eigenvalue weighted by Crippen LogP contribution is 2.39. The SMILES string of the molecule is CC1CC=C(c2nc(-c3ccccc3)c3ccccc3n2)C=C1c1cc(-c2cccc(-c3ccc(-c4ccccc4)nn3)c2)ccc1C#N. The van der Waals surface area contributed by atoms with E-state index in [9.17, 15) is 5.26 Å². The summed E-state index contributed by atoms with van der Waals surface area (Å²) in [7, 11) is 0. The Bertz CT molecular complexity index is 2420. The first-order valence-electron chi connectivity index (χ1n) is 16.4. The van der Waals surface area contributed by atoms with Gasteiger partial charge in [-0.15, -0.1) is 10.2 Å². The van der Waals surface area contributed by atoms with Crippen molar-refractivity contribution in [2.45, 2.75) is 13.3 Å². The van der Waals surface area contributed by atoms with Gasteiger partial charge in [-0.3, -0.25) is 0 Å². The molecule has 7 aromatic rings. The maximum absolute atomic E-state index is 10.2. The summed E-state index contributed by atoms with van der Waals surface area (Å²) >= 11 is 0. The molecule has 0 bridgehead atoms. The number of rotatable bonds is 6. The molecule has 1 atom stereocenters. The molecule has 1 aliphatic carbocycles. The molecular weight excluding hydrogens is 599 g/mol. The number of nitrogens with zero attached hydrogens (tertiary/aromatic N) is 5. The minimum absolute atomic E-state index is 0.213. The molecule has 1 unspecified atom stereocenters. The fourth-order valence-electron chi connectivity index (χ4n) is 6.49. The third kappa shape index (κ3) is 5.93. The quantitative estimate of drug-likeness (QED) is 0.183. The Hall–Kier alpha value is -6.51. The number of hydrogen-bond donors (Lipinski definition) is 0. The first-order valence-corrected chi connectivity index (χ1v) is 16.4. The average Bonchev–Trinajstić information content (AvgIpc) is 3.18. The van der Waals surface area contributed by atoms with Gasteiger partial charge in [0.15, 0.2) is 5.82 Å². The summed E-state index contributed by atoms with van der Waals surface area (Å²) in [5, 5.41) is 20.3. The van der Waals surface area contributed by atoms with E-state index in [1.165, 1.54) is 0 Å². The molecule has 2 heterocycles. The summed E-state index contributed by atoms with van der Waals surface area (Å²) in [5.41, 5.74) is 12.2. The lowest BCUT2D eigenvalue weighted by Crippen LogP contribution is -2.07. The topological polar surface area (TPSA) is 75.3 Å². The molecule has 0 amide bonds. The third-order valence-electron chi connectivity index (χ3n) is 9.12. The van der Waals surface area contributed by atoms with Crippen LogP contribution in [0.3, 0.4) is 0 Å². The highest BCUT2D eigenvalue weighted by atomic mass is 15.1. The lowest BCUT2D eigenvalue weighted by molar-refractivity contribution is 0.759. The van der Waals surface area contributed by atoms with Crippen LogP contribution >= 0.6 is 0 Å². The van der Waals surface area contributed by atoms with Crippen LogP contribution in [0.1, 0.15) is 30.3 Å². The Morgan fingerprint density at radius 3 is 2.02 bits per heavy atom. The van der Waals surface area contributed by atoms with E-state index in [1.807, 2.05) is 97.1 Å². The van der Waals surface area contributed by atoms with Crippen LogP contribution in [0.2, 0.25) is 0 Å². The maximum Gasteiger partial charge on any atom is 0.160 e. The van der Waals surface area contributed by atoms with Crippen LogP contribution in [0, 0.1) is 17.2 Å². The number of aromatic nitrogens is 4. The summed E-state index contributed by atoms with van der Waals surface area (Å²) in [5.74, 6) is 0.897. The van der Waals surface area contributed by atoms with Crippen molar-refractivity contribution in [3.8, 4) is 51.0 Å². The molecule has 0 radical (unpaired) electrons. The van der Waals surface area contributed by atoms with Gasteiger partial charge in [-0.05, 0) is 77.1 Å². The number of hydrogen-bond acceptors (Lipinski definition) is 5. The second-order valence-electron chi connectivity index (χ2n) is 12.3. The molecule has 8 rings (SSSR count). The zero-order chi connectivity index (χ0) is 33.2. The van der Waals surface area contributed by atoms with Gasteiger partial charge in [-0.2, -0.15) is 5.26 Å². The van der Waals surface area contributed by atoms with E-state index < -0.39 is 0 Å². The average molecular weight is 630 g/mol. The van der Waals surface area contributed by atoms with Gasteiger partial charge in [0, 0.05) is 27.6 Å². The predicted molar refractivity (Wildman–Crippen MR) is 198 cm³/mol. The van der Waals surface area contributed by atoms with E-state index in [4.69, 9.17) is 9.97 Å². The molecule has 232 valence electrons. The Balaban J connectivity index is 1.16. The minimum atomic E-state index is 0.213. The molecule has 5 nitrogen and oxygen atoms in total. The summed E-state index contributed by atoms with van der Waals surface area (Å²) in [6, 6.07) is 49.4. The predicted octanol–water partition coefficient (Wildman–Crippen LogP) is 10.5. The molecule has 1 aliphatic rings. The van der Waals surface area contributed by atoms with E-state index >= 15 is 0 Å². The smallest absolute Gasteiger partial charge is 0.160 e. The normalized spacial score (nSPS) is 14.2. The third-order valence-corrected chi connectivity index (χ3v) is 9.12. The monoisotopic (exact) mass is 629 g/mol. The van der Waals surface area contributed by atoms with Crippen LogP contribution in [-0.4, -0.2) is 20.2 Å². The van der Waals surface area contributed by atoms with Crippen molar-refractivity contribution in [1.82, 2.24) is 20.2 Å². The largest absolute Gasteiger partial charge is 0.228 e. The van der Waals surface area contributed by atoms with E-state index in [2.05, 4.69) is 77.8 Å². The van der Waals surface area contributed by atoms with Crippen molar-refractivity contribution < 1.29 is 0 Å². The summed E-state index contributed by atoms with van der Waals surface area (Å²) in [6.45, 7) is 2.21. The van der Waals surface area contributed by atoms with Crippen molar-refractivity contribution in [2.75, 3.05) is 0 Å². The molecular formula is C44H31N5. The van der Waals surface area contributed by atoms with E-state index in [0.29, 0.717) is 11.4 Å². The molecule has 49 heavy (non-hydrogen) atoms. The van der Waals surface area contributed by atoms with Gasteiger partial charge in [-0.25, -0.2) is 9.97 Å². The molecule has 0 spiro atoms. The Kier molecular flexibility index (Phi) is 7.89. The van der Waals surface area contributed by atoms with Crippen LogP contribution in [0.15, 0.2) is 152 Å². The number of allylic oxidation sites excluding steroid dienone is 4. The zero-order valence-corrected chi connectivity index (χ0v) is 27.0. The van der Waals surface area contributed by atoms with Crippen molar-refractivity contribution in [3.63, 3.8) is 0 Å². The van der Waals surface area contributed by atoms with Gasteiger partial charge in [0.25, 0.3) is 0 Å². The molecule has 0 aliphatic heterocycles. The van der Waals surface area contributed by atoms with Gasteiger partial charge in [-0.1, -0.05) is 116 Å². The molecule has 0 fully saturated rings. The van der Waals surface area contributed by atoms with Gasteiger partial charge >= 0.3 is 0 Å². The Morgan fingerprint density at radius 2 is 1.27 bits per heavy atom. The second-order valence-corrected chi connectivity index (χ2v) is 12.3. The van der Waals surface area contributed by atoms with Crippen molar-refractivity contribution in [1.29, 1.82) is 5.26 Å². The molecule has 5 heteroatoms. The van der Waals surface area contributed by atoms with Crippen LogP contribution in [-0.2, 0) is 0 Å². The fourth-order valence-corrected chi connectivity index (χ4v) is 6.49. The number of fused-ring (bicyclic) bond motifs is 1. The van der Waals surface area contributed by atoms with E-state index in [0.717, 1.165) is 78.9 Å². The summed E-state index contributed by atoms with van der Waals surface area (Å²) in [6.07, 6.45) is 5.21. The maximum atomic E-state index is 10.2. The summed E-state index contributed by atoms with van der Waals surface area (Å²) in [4.78, 5) is 10.1. The highest BCUT2D eigenvalue weighted by molar-refractivity contribution is 5.95. The van der Waals surface area contributed by atoms with Crippen molar-refractivity contribution >= 4 is 22.0 Å².